The second-order valence-electron chi connectivity index (χ2n) is 8.56. The second-order valence-corrected chi connectivity index (χ2v) is 9.37. The molecule has 0 bridgehead atoms. The zero-order valence-corrected chi connectivity index (χ0v) is 21.3. The molecule has 2 atom stereocenters. The van der Waals surface area contributed by atoms with Crippen molar-refractivity contribution >= 4 is 41.0 Å². The third-order valence-electron chi connectivity index (χ3n) is 5.92. The summed E-state index contributed by atoms with van der Waals surface area (Å²) < 4.78 is 0. The molecule has 0 spiro atoms. The Kier molecular flexibility index (Phi) is 9.97. The van der Waals surface area contributed by atoms with Crippen LogP contribution in [0.4, 0.5) is 0 Å². The van der Waals surface area contributed by atoms with E-state index in [0.29, 0.717) is 37.1 Å². The number of nitrogens with zero attached hydrogens (tertiary/aromatic N) is 3. The van der Waals surface area contributed by atoms with E-state index in [1.54, 1.807) is 18.3 Å². The molecule has 1 heterocycles. The van der Waals surface area contributed by atoms with Crippen LogP contribution in [0.3, 0.4) is 0 Å². The maximum absolute atomic E-state index is 12.9. The van der Waals surface area contributed by atoms with Gasteiger partial charge < -0.3 is 30.9 Å². The van der Waals surface area contributed by atoms with E-state index >= 15 is 0 Å². The fraction of sp³-hybridized carbons (Fsp3) is 0.360. The number of aliphatic carboxylic acids is 1. The largest absolute Gasteiger partial charge is 0.508 e. The number of aromatic hydroxyl groups is 1. The number of aliphatic hydroxyl groups excluding tert-OH is 1. The number of aryl methyl sites for hydroxylation is 1. The predicted molar refractivity (Wildman–Crippen MR) is 139 cm³/mol. The highest BCUT2D eigenvalue weighted by molar-refractivity contribution is 6.39. The van der Waals surface area contributed by atoms with Crippen LogP contribution in [0.1, 0.15) is 46.9 Å². The normalized spacial score (nSPS) is 15.1. The minimum Gasteiger partial charge on any atom is -0.508 e. The van der Waals surface area contributed by atoms with Gasteiger partial charge in [-0.05, 0) is 61.1 Å². The fourth-order valence-electron chi connectivity index (χ4n) is 4.01. The van der Waals surface area contributed by atoms with Crippen LogP contribution < -0.4 is 10.6 Å². The molecule has 12 heteroatoms. The number of halogens is 2. The van der Waals surface area contributed by atoms with Crippen molar-refractivity contribution in [3.63, 3.8) is 0 Å². The molecular formula is C25H27Cl2N5O5. The lowest BCUT2D eigenvalue weighted by atomic mass is 10.00. The number of phenolic OH excluding ortho intramolecular Hbond substituents is 1. The van der Waals surface area contributed by atoms with Crippen molar-refractivity contribution in [1.82, 2.24) is 15.5 Å². The first kappa shape index (κ1) is 28.1. The molecule has 10 nitrogen and oxygen atoms in total. The van der Waals surface area contributed by atoms with E-state index < -0.39 is 24.0 Å². The Morgan fingerprint density at radius 3 is 2.43 bits per heavy atom. The van der Waals surface area contributed by atoms with Crippen LogP contribution in [0, 0.1) is 11.5 Å². The third-order valence-corrected chi connectivity index (χ3v) is 6.52. The number of carbonyl (C=O) groups excluding carboxylic acids is 1. The van der Waals surface area contributed by atoms with Gasteiger partial charge in [0.2, 0.25) is 12.2 Å². The maximum atomic E-state index is 12.9. The minimum atomic E-state index is -1.34. The predicted octanol–water partition coefficient (Wildman–Crippen LogP) is 3.07. The van der Waals surface area contributed by atoms with Crippen molar-refractivity contribution in [2.24, 2.45) is 4.99 Å². The molecule has 2 aromatic rings. The Hall–Kier alpha value is -3.52. The highest BCUT2D eigenvalue weighted by atomic mass is 35.5. The molecule has 2 aromatic carbocycles. The second kappa shape index (κ2) is 13.1. The molecular weight excluding hydrogens is 521 g/mol. The molecule has 1 aliphatic heterocycles. The van der Waals surface area contributed by atoms with Crippen molar-refractivity contribution in [2.45, 2.75) is 37.8 Å². The molecule has 2 unspecified atom stereocenters. The number of nitriles is 1. The molecule has 0 saturated carbocycles. The summed E-state index contributed by atoms with van der Waals surface area (Å²) in [7, 11) is 0. The number of benzene rings is 2. The van der Waals surface area contributed by atoms with Gasteiger partial charge in [0.15, 0.2) is 0 Å². The lowest BCUT2D eigenvalue weighted by Crippen LogP contribution is -2.51. The Morgan fingerprint density at radius 2 is 1.84 bits per heavy atom. The van der Waals surface area contributed by atoms with Gasteiger partial charge >= 0.3 is 5.97 Å². The monoisotopic (exact) mass is 547 g/mol. The molecule has 1 saturated heterocycles. The van der Waals surface area contributed by atoms with Crippen LogP contribution in [0.15, 0.2) is 41.4 Å². The highest BCUT2D eigenvalue weighted by Gasteiger charge is 2.26. The summed E-state index contributed by atoms with van der Waals surface area (Å²) in [5, 5.41) is 43.9. The topological polar surface area (TPSA) is 158 Å². The van der Waals surface area contributed by atoms with Gasteiger partial charge in [0.25, 0.3) is 5.91 Å². The van der Waals surface area contributed by atoms with Crippen LogP contribution in [0.2, 0.25) is 10.0 Å². The first-order chi connectivity index (χ1) is 17.7. The third kappa shape index (κ3) is 7.73. The highest BCUT2D eigenvalue weighted by Crippen LogP contribution is 2.29. The van der Waals surface area contributed by atoms with Crippen molar-refractivity contribution in [2.75, 3.05) is 19.6 Å². The molecule has 3 rings (SSSR count). The maximum Gasteiger partial charge on any atom is 0.328 e. The Morgan fingerprint density at radius 1 is 1.16 bits per heavy atom. The van der Waals surface area contributed by atoms with Crippen molar-refractivity contribution < 1.29 is 24.9 Å². The van der Waals surface area contributed by atoms with Crippen LogP contribution in [0.5, 0.6) is 5.75 Å². The number of guanidine groups is 1. The Bertz CT molecular complexity index is 1190. The molecule has 1 aliphatic rings. The van der Waals surface area contributed by atoms with Gasteiger partial charge in [0.05, 0.1) is 21.7 Å². The lowest BCUT2D eigenvalue weighted by Gasteiger charge is -2.22. The van der Waals surface area contributed by atoms with E-state index in [1.165, 1.54) is 24.3 Å². The van der Waals surface area contributed by atoms with Crippen molar-refractivity contribution in [1.29, 1.82) is 5.26 Å². The summed E-state index contributed by atoms with van der Waals surface area (Å²) in [4.78, 5) is 30.3. The number of carbonyl (C=O) groups is 2. The fourth-order valence-corrected chi connectivity index (χ4v) is 4.72. The van der Waals surface area contributed by atoms with Crippen LogP contribution >= 0.6 is 23.2 Å². The standard InChI is InChI=1S/C25H27Cl2N5O5/c26-18-10-15(6-7-21(34)16-4-3-5-17(33)12-16)11-19(27)22(18)23(35)31-20(24(36)37)13-29-25(30-14-28)32-8-1-2-9-32/h3-5,10-12,20-21,33-34H,1-2,6-9,13H2,(H,29,30)(H,31,35)(H,36,37). The number of aliphatic hydroxyl groups is 1. The van der Waals surface area contributed by atoms with E-state index in [1.807, 2.05) is 4.90 Å². The average molecular weight is 548 g/mol. The van der Waals surface area contributed by atoms with Crippen molar-refractivity contribution in [3.05, 3.63) is 63.1 Å². The minimum absolute atomic E-state index is 0.0349. The van der Waals surface area contributed by atoms with Gasteiger partial charge in [0, 0.05) is 19.6 Å². The van der Waals surface area contributed by atoms with E-state index in [0.717, 1.165) is 12.8 Å². The number of rotatable bonds is 9. The quantitative estimate of drug-likeness (QED) is 0.182. The van der Waals surface area contributed by atoms with Gasteiger partial charge in [0.1, 0.15) is 11.8 Å². The molecule has 0 aliphatic carbocycles. The molecule has 1 amide bonds. The lowest BCUT2D eigenvalue weighted by molar-refractivity contribution is -0.139. The number of aliphatic imine (C=N–C) groups is 1. The number of phenols is 1. The number of hydrogen-bond donors (Lipinski definition) is 5. The van der Waals surface area contributed by atoms with Crippen LogP contribution in [-0.4, -0.2) is 63.7 Å². The molecule has 1 fully saturated rings. The van der Waals surface area contributed by atoms with Gasteiger partial charge in [-0.1, -0.05) is 35.3 Å². The first-order valence-electron chi connectivity index (χ1n) is 11.6. The van der Waals surface area contributed by atoms with Crippen molar-refractivity contribution in [3.8, 4) is 11.9 Å². The van der Waals surface area contributed by atoms with E-state index in [2.05, 4.69) is 15.6 Å². The molecule has 5 N–H and O–H groups in total. The molecule has 0 aromatic heterocycles. The number of amides is 1. The van der Waals surface area contributed by atoms with Gasteiger partial charge in [-0.2, -0.15) is 5.26 Å². The van der Waals surface area contributed by atoms with E-state index in [9.17, 15) is 24.9 Å². The Labute approximate surface area is 224 Å². The van der Waals surface area contributed by atoms with E-state index in [-0.39, 0.29) is 33.9 Å². The molecule has 0 radical (unpaired) electrons. The summed E-state index contributed by atoms with van der Waals surface area (Å²) in [6.07, 6.45) is 3.45. The molecule has 196 valence electrons. The smallest absolute Gasteiger partial charge is 0.328 e. The SMILES string of the molecule is N#C/N=C(/NCC(NC(=O)c1c(Cl)cc(CCC(O)c2cccc(O)c2)cc1Cl)C(=O)O)N1CCCC1. The zero-order valence-electron chi connectivity index (χ0n) is 19.8. The summed E-state index contributed by atoms with van der Waals surface area (Å²) >= 11 is 12.7. The number of likely N-dealkylation sites (tertiary alicyclic amines) is 1. The first-order valence-corrected chi connectivity index (χ1v) is 12.4. The van der Waals surface area contributed by atoms with E-state index in [4.69, 9.17) is 28.5 Å². The Balaban J connectivity index is 1.65. The number of nitrogens with one attached hydrogen (secondary N) is 2. The van der Waals surface area contributed by atoms with Crippen LogP contribution in [0.25, 0.3) is 0 Å². The van der Waals surface area contributed by atoms with Gasteiger partial charge in [-0.15, -0.1) is 4.99 Å². The summed E-state index contributed by atoms with van der Waals surface area (Å²) in [6.45, 7) is 1.18. The zero-order chi connectivity index (χ0) is 26.9. The number of hydrogen-bond acceptors (Lipinski definition) is 6. The summed E-state index contributed by atoms with van der Waals surface area (Å²) in [5.41, 5.74) is 1.16. The molecule has 37 heavy (non-hydrogen) atoms. The average Bonchev–Trinajstić information content (AvgIpc) is 3.38. The van der Waals surface area contributed by atoms with Crippen LogP contribution in [-0.2, 0) is 11.2 Å². The number of carboxylic acids is 1. The van der Waals surface area contributed by atoms with Gasteiger partial charge in [-0.25, -0.2) is 4.79 Å². The number of carboxylic acid groups (broad SMARTS) is 1. The summed E-state index contributed by atoms with van der Waals surface area (Å²) in [6, 6.07) is 8.06. The van der Waals surface area contributed by atoms with Gasteiger partial charge in [-0.3, -0.25) is 4.79 Å². The summed E-state index contributed by atoms with van der Waals surface area (Å²) in [5.74, 6) is -1.75.